The van der Waals surface area contributed by atoms with Crippen LogP contribution in [0.25, 0.3) is 21.8 Å². The van der Waals surface area contributed by atoms with Crippen LogP contribution in [0.3, 0.4) is 0 Å². The fraction of sp³-hybridized carbons (Fsp3) is 0.310. The predicted molar refractivity (Wildman–Crippen MR) is 153 cm³/mol. The van der Waals surface area contributed by atoms with Gasteiger partial charge in [0, 0.05) is 59.9 Å². The second-order valence-corrected chi connectivity index (χ2v) is 10.3. The molecule has 0 bridgehead atoms. The Morgan fingerprint density at radius 2 is 1.10 bits per heavy atom. The molecule has 2 aromatic carbocycles. The Kier molecular flexibility index (Phi) is 9.86. The Bertz CT molecular complexity index is 1480. The average molecular weight is 583 g/mol. The monoisotopic (exact) mass is 582 g/mol. The van der Waals surface area contributed by atoms with E-state index in [1.165, 1.54) is 6.92 Å². The number of nitrogens with one attached hydrogen (secondary N) is 2. The number of carboxylic acid groups (broad SMARTS) is 3. The maximum absolute atomic E-state index is 11.4. The second-order valence-electron chi connectivity index (χ2n) is 10.3. The van der Waals surface area contributed by atoms with Gasteiger partial charge in [0.15, 0.2) is 11.2 Å². The fourth-order valence-electron chi connectivity index (χ4n) is 4.61. The molecule has 0 fully saturated rings. The number of aromatic amines is 2. The molecule has 0 radical (unpaired) electrons. The lowest BCUT2D eigenvalue weighted by molar-refractivity contribution is -0.161. The SMILES string of the molecule is CC(=O)[C@H](N)C[C@@](O)(Cc1c[nH]c2ccccc12)C(=O)O.N[C@@H](C[C@@](O)(Cc1c[nH]c2ccccc12)C(=O)O)C(=O)O. The smallest absolute Gasteiger partial charge is 0.336 e. The predicted octanol–water partition coefficient (Wildman–Crippen LogP) is 1.16. The van der Waals surface area contributed by atoms with Crippen molar-refractivity contribution >= 4 is 45.5 Å². The fourth-order valence-corrected chi connectivity index (χ4v) is 4.61. The van der Waals surface area contributed by atoms with Gasteiger partial charge in [-0.2, -0.15) is 0 Å². The summed E-state index contributed by atoms with van der Waals surface area (Å²) in [6.45, 7) is 1.28. The first-order valence-electron chi connectivity index (χ1n) is 12.9. The number of aliphatic hydroxyl groups is 2. The number of benzene rings is 2. The first-order chi connectivity index (χ1) is 19.7. The van der Waals surface area contributed by atoms with E-state index < -0.39 is 47.6 Å². The number of nitrogens with two attached hydrogens (primary N) is 2. The highest BCUT2D eigenvalue weighted by Gasteiger charge is 2.41. The molecule has 0 saturated heterocycles. The summed E-state index contributed by atoms with van der Waals surface area (Å²) in [5.41, 5.74) is 9.57. The van der Waals surface area contributed by atoms with Crippen LogP contribution in [0.4, 0.5) is 0 Å². The van der Waals surface area contributed by atoms with E-state index in [1.54, 1.807) is 24.5 Å². The number of fused-ring (bicyclic) bond motifs is 2. The van der Waals surface area contributed by atoms with Crippen molar-refractivity contribution in [3.05, 3.63) is 72.1 Å². The highest BCUT2D eigenvalue weighted by atomic mass is 16.4. The average Bonchev–Trinajstić information content (AvgIpc) is 3.52. The zero-order chi connectivity index (χ0) is 31.2. The van der Waals surface area contributed by atoms with E-state index in [1.807, 2.05) is 36.4 Å². The van der Waals surface area contributed by atoms with Crippen LogP contribution in [-0.4, -0.2) is 82.5 Å². The van der Waals surface area contributed by atoms with E-state index in [4.69, 9.17) is 16.6 Å². The first kappa shape index (κ1) is 32.0. The molecular formula is C29H34N4O9. The van der Waals surface area contributed by atoms with Gasteiger partial charge in [-0.1, -0.05) is 36.4 Å². The number of hydrogen-bond acceptors (Lipinski definition) is 8. The number of para-hydroxylation sites is 2. The van der Waals surface area contributed by atoms with E-state index in [0.717, 1.165) is 21.8 Å². The zero-order valence-electron chi connectivity index (χ0n) is 22.8. The lowest BCUT2D eigenvalue weighted by Gasteiger charge is -2.25. The third-order valence-corrected chi connectivity index (χ3v) is 7.07. The quantitative estimate of drug-likeness (QED) is 0.114. The molecule has 0 aliphatic carbocycles. The van der Waals surface area contributed by atoms with Crippen LogP contribution >= 0.6 is 0 Å². The molecule has 2 heterocycles. The molecule has 4 atom stereocenters. The molecule has 4 rings (SSSR count). The summed E-state index contributed by atoms with van der Waals surface area (Å²) in [6.07, 6.45) is 2.03. The third-order valence-electron chi connectivity index (χ3n) is 7.07. The van der Waals surface area contributed by atoms with Crippen molar-refractivity contribution < 1.29 is 44.7 Å². The molecule has 13 heteroatoms. The molecular weight excluding hydrogens is 548 g/mol. The van der Waals surface area contributed by atoms with Crippen LogP contribution in [0.2, 0.25) is 0 Å². The minimum atomic E-state index is -2.23. The Morgan fingerprint density at radius 1 is 0.714 bits per heavy atom. The number of aromatic nitrogens is 2. The third kappa shape index (κ3) is 7.39. The zero-order valence-corrected chi connectivity index (χ0v) is 22.8. The number of ketones is 1. The van der Waals surface area contributed by atoms with Gasteiger partial charge in [0.2, 0.25) is 0 Å². The van der Waals surface area contributed by atoms with Gasteiger partial charge in [-0.05, 0) is 30.2 Å². The van der Waals surface area contributed by atoms with E-state index in [9.17, 15) is 39.6 Å². The highest BCUT2D eigenvalue weighted by Crippen LogP contribution is 2.27. The summed E-state index contributed by atoms with van der Waals surface area (Å²) in [6, 6.07) is 12.2. The van der Waals surface area contributed by atoms with Crippen LogP contribution in [0.15, 0.2) is 60.9 Å². The number of carbonyl (C=O) groups is 4. The molecule has 0 unspecified atom stereocenters. The number of H-pyrrole nitrogens is 2. The molecule has 224 valence electrons. The van der Waals surface area contributed by atoms with Crippen molar-refractivity contribution in [2.45, 2.75) is 55.9 Å². The summed E-state index contributed by atoms with van der Waals surface area (Å²) in [4.78, 5) is 50.7. The Hall–Kier alpha value is -4.56. The van der Waals surface area contributed by atoms with Gasteiger partial charge in [0.05, 0.1) is 6.04 Å². The standard InChI is InChI=1S/C15H18N2O4.C14H16N2O5/c1-9(18)12(16)7-15(21,14(19)20)6-10-8-17-13-5-3-2-4-11(10)13;15-10(12(17)18)6-14(21,13(19)20)5-8-7-16-11-4-2-1-3-9(8)11/h2-5,8,12,17,21H,6-7,16H2,1H3,(H,19,20);1-4,7,10,16,21H,5-6,15H2,(H,17,18)(H,19,20)/t12-,15+;10-,14-/m10/s1. The Balaban J connectivity index is 0.000000230. The van der Waals surface area contributed by atoms with E-state index in [0.29, 0.717) is 11.1 Å². The number of rotatable bonds is 12. The van der Waals surface area contributed by atoms with E-state index in [2.05, 4.69) is 9.97 Å². The van der Waals surface area contributed by atoms with E-state index >= 15 is 0 Å². The Labute approximate surface area is 239 Å². The molecule has 0 saturated carbocycles. The van der Waals surface area contributed by atoms with Crippen LogP contribution in [0, 0.1) is 0 Å². The normalized spacial score (nSPS) is 15.5. The second kappa shape index (κ2) is 13.0. The van der Waals surface area contributed by atoms with Gasteiger partial charge in [-0.25, -0.2) is 9.59 Å². The minimum Gasteiger partial charge on any atom is -0.480 e. The largest absolute Gasteiger partial charge is 0.480 e. The summed E-state index contributed by atoms with van der Waals surface area (Å²) in [7, 11) is 0. The number of carbonyl (C=O) groups excluding carboxylic acids is 1. The molecule has 0 spiro atoms. The van der Waals surface area contributed by atoms with Crippen molar-refractivity contribution in [3.63, 3.8) is 0 Å². The number of carboxylic acids is 3. The maximum Gasteiger partial charge on any atom is 0.336 e. The van der Waals surface area contributed by atoms with Crippen molar-refractivity contribution in [2.75, 3.05) is 0 Å². The number of aliphatic carboxylic acids is 3. The van der Waals surface area contributed by atoms with Crippen molar-refractivity contribution in [3.8, 4) is 0 Å². The van der Waals surface area contributed by atoms with Crippen molar-refractivity contribution in [1.82, 2.24) is 9.97 Å². The van der Waals surface area contributed by atoms with Gasteiger partial charge >= 0.3 is 17.9 Å². The van der Waals surface area contributed by atoms with E-state index in [-0.39, 0.29) is 25.0 Å². The number of Topliss-reactive ketones (excluding diaryl/α,β-unsaturated/α-hetero) is 1. The van der Waals surface area contributed by atoms with Crippen LogP contribution in [0.5, 0.6) is 0 Å². The molecule has 4 aromatic rings. The van der Waals surface area contributed by atoms with Gasteiger partial charge < -0.3 is 47.0 Å². The van der Waals surface area contributed by atoms with Gasteiger partial charge in [-0.3, -0.25) is 9.59 Å². The summed E-state index contributed by atoms with van der Waals surface area (Å²) >= 11 is 0. The molecule has 42 heavy (non-hydrogen) atoms. The summed E-state index contributed by atoms with van der Waals surface area (Å²) in [5.74, 6) is -4.59. The van der Waals surface area contributed by atoms with Gasteiger partial charge in [-0.15, -0.1) is 0 Å². The van der Waals surface area contributed by atoms with Crippen LogP contribution in [0.1, 0.15) is 30.9 Å². The molecule has 11 N–H and O–H groups in total. The van der Waals surface area contributed by atoms with Gasteiger partial charge in [0.25, 0.3) is 0 Å². The summed E-state index contributed by atoms with van der Waals surface area (Å²) < 4.78 is 0. The van der Waals surface area contributed by atoms with Gasteiger partial charge in [0.1, 0.15) is 11.8 Å². The highest BCUT2D eigenvalue weighted by molar-refractivity contribution is 5.87. The summed E-state index contributed by atoms with van der Waals surface area (Å²) in [5, 5.41) is 49.6. The minimum absolute atomic E-state index is 0.118. The van der Waals surface area contributed by atoms with Crippen molar-refractivity contribution in [1.29, 1.82) is 0 Å². The molecule has 2 aromatic heterocycles. The lowest BCUT2D eigenvalue weighted by Crippen LogP contribution is -2.48. The van der Waals surface area contributed by atoms with Crippen LogP contribution < -0.4 is 11.5 Å². The molecule has 0 aliphatic heterocycles. The molecule has 0 aliphatic rings. The molecule has 13 nitrogen and oxygen atoms in total. The maximum atomic E-state index is 11.4. The van der Waals surface area contributed by atoms with Crippen LogP contribution in [-0.2, 0) is 32.0 Å². The Morgan fingerprint density at radius 3 is 1.45 bits per heavy atom. The number of hydrogen-bond donors (Lipinski definition) is 9. The van der Waals surface area contributed by atoms with Crippen molar-refractivity contribution in [2.24, 2.45) is 11.5 Å². The molecule has 0 amide bonds. The lowest BCUT2D eigenvalue weighted by atomic mass is 9.87. The first-order valence-corrected chi connectivity index (χ1v) is 12.9. The topological polar surface area (TPSA) is 253 Å².